The average Bonchev–Trinajstić information content (AvgIpc) is 2.68. The smallest absolute Gasteiger partial charge is 0.210 e. The summed E-state index contributed by atoms with van der Waals surface area (Å²) in [6, 6.07) is 23.4. The molecule has 140 valence electrons. The summed E-state index contributed by atoms with van der Waals surface area (Å²) in [6.45, 7) is 0.252. The zero-order chi connectivity index (χ0) is 19.3. The standard InChI is InChI=1S/C20H17Cl2NO2S2/c21-16-6-10-18(11-7-16)26-20(15-4-2-1-3-5-15)14-23-27(24,25)19-12-8-17(22)9-13-19/h1-13,20,23H,14H2. The van der Waals surface area contributed by atoms with Gasteiger partial charge in [-0.15, -0.1) is 11.8 Å². The van der Waals surface area contributed by atoms with Gasteiger partial charge in [0.25, 0.3) is 0 Å². The summed E-state index contributed by atoms with van der Waals surface area (Å²) in [6.07, 6.45) is 0. The van der Waals surface area contributed by atoms with E-state index in [0.717, 1.165) is 10.5 Å². The van der Waals surface area contributed by atoms with Crippen LogP contribution in [0, 0.1) is 0 Å². The molecule has 1 N–H and O–H groups in total. The fourth-order valence-corrected chi connectivity index (χ4v) is 4.94. The molecular weight excluding hydrogens is 421 g/mol. The van der Waals surface area contributed by atoms with Crippen LogP contribution in [0.4, 0.5) is 0 Å². The molecule has 0 fully saturated rings. The van der Waals surface area contributed by atoms with Gasteiger partial charge in [-0.1, -0.05) is 53.5 Å². The highest BCUT2D eigenvalue weighted by atomic mass is 35.5. The SMILES string of the molecule is O=S(=O)(NCC(Sc1ccc(Cl)cc1)c1ccccc1)c1ccc(Cl)cc1. The lowest BCUT2D eigenvalue weighted by Gasteiger charge is -2.18. The molecule has 0 bridgehead atoms. The first kappa shape index (κ1) is 20.2. The van der Waals surface area contributed by atoms with Crippen LogP contribution in [-0.2, 0) is 10.0 Å². The number of nitrogens with one attached hydrogen (secondary N) is 1. The summed E-state index contributed by atoms with van der Waals surface area (Å²) in [5.41, 5.74) is 1.04. The van der Waals surface area contributed by atoms with Crippen molar-refractivity contribution < 1.29 is 8.42 Å². The minimum atomic E-state index is -3.62. The van der Waals surface area contributed by atoms with Crippen molar-refractivity contribution in [2.24, 2.45) is 0 Å². The van der Waals surface area contributed by atoms with E-state index < -0.39 is 10.0 Å². The molecule has 3 rings (SSSR count). The maximum absolute atomic E-state index is 12.6. The molecule has 0 aromatic heterocycles. The summed E-state index contributed by atoms with van der Waals surface area (Å²) in [5, 5.41) is 1.07. The minimum Gasteiger partial charge on any atom is -0.210 e. The topological polar surface area (TPSA) is 46.2 Å². The minimum absolute atomic E-state index is 0.0885. The van der Waals surface area contributed by atoms with Gasteiger partial charge in [0.05, 0.1) is 4.90 Å². The third-order valence-electron chi connectivity index (χ3n) is 3.85. The Balaban J connectivity index is 1.79. The molecule has 0 aliphatic carbocycles. The third-order valence-corrected chi connectivity index (χ3v) is 7.06. The highest BCUT2D eigenvalue weighted by Gasteiger charge is 2.19. The summed E-state index contributed by atoms with van der Waals surface area (Å²) in [4.78, 5) is 1.20. The van der Waals surface area contributed by atoms with Crippen LogP contribution in [0.1, 0.15) is 10.8 Å². The van der Waals surface area contributed by atoms with Crippen LogP contribution in [0.25, 0.3) is 0 Å². The van der Waals surface area contributed by atoms with Gasteiger partial charge in [-0.3, -0.25) is 0 Å². The molecule has 3 aromatic carbocycles. The Labute approximate surface area is 173 Å². The molecule has 7 heteroatoms. The molecule has 0 radical (unpaired) electrons. The van der Waals surface area contributed by atoms with Gasteiger partial charge in [-0.25, -0.2) is 13.1 Å². The molecule has 1 atom stereocenters. The molecule has 0 heterocycles. The van der Waals surface area contributed by atoms with E-state index in [2.05, 4.69) is 4.72 Å². The number of benzene rings is 3. The van der Waals surface area contributed by atoms with Crippen molar-refractivity contribution in [1.82, 2.24) is 4.72 Å². The molecule has 1 unspecified atom stereocenters. The fraction of sp³-hybridized carbons (Fsp3) is 0.100. The molecular formula is C20H17Cl2NO2S2. The Bertz CT molecular complexity index is 977. The lowest BCUT2D eigenvalue weighted by Crippen LogP contribution is -2.27. The van der Waals surface area contributed by atoms with Crippen molar-refractivity contribution in [3.63, 3.8) is 0 Å². The van der Waals surface area contributed by atoms with Crippen LogP contribution in [0.2, 0.25) is 10.0 Å². The van der Waals surface area contributed by atoms with Gasteiger partial charge in [0, 0.05) is 26.7 Å². The normalized spacial score (nSPS) is 12.7. The second-order valence-electron chi connectivity index (χ2n) is 5.78. The van der Waals surface area contributed by atoms with Gasteiger partial charge in [-0.2, -0.15) is 0 Å². The number of hydrogen-bond donors (Lipinski definition) is 1. The van der Waals surface area contributed by atoms with E-state index in [9.17, 15) is 8.42 Å². The monoisotopic (exact) mass is 437 g/mol. The zero-order valence-electron chi connectivity index (χ0n) is 14.2. The van der Waals surface area contributed by atoms with E-state index in [4.69, 9.17) is 23.2 Å². The van der Waals surface area contributed by atoms with Crippen molar-refractivity contribution in [1.29, 1.82) is 0 Å². The number of halogens is 2. The Hall–Kier alpha value is -1.50. The molecule has 0 saturated carbocycles. The van der Waals surface area contributed by atoms with Gasteiger partial charge in [0.2, 0.25) is 10.0 Å². The lowest BCUT2D eigenvalue weighted by atomic mass is 10.1. The second kappa shape index (κ2) is 9.13. The Morgan fingerprint density at radius 3 is 1.96 bits per heavy atom. The van der Waals surface area contributed by atoms with Crippen LogP contribution in [-0.4, -0.2) is 15.0 Å². The van der Waals surface area contributed by atoms with Crippen LogP contribution in [0.3, 0.4) is 0 Å². The number of hydrogen-bond acceptors (Lipinski definition) is 3. The molecule has 0 saturated heterocycles. The van der Waals surface area contributed by atoms with Gasteiger partial charge in [0.1, 0.15) is 0 Å². The van der Waals surface area contributed by atoms with Gasteiger partial charge >= 0.3 is 0 Å². The second-order valence-corrected chi connectivity index (χ2v) is 9.69. The Morgan fingerprint density at radius 2 is 1.37 bits per heavy atom. The van der Waals surface area contributed by atoms with E-state index in [0.29, 0.717) is 10.0 Å². The van der Waals surface area contributed by atoms with E-state index in [-0.39, 0.29) is 16.7 Å². The maximum atomic E-state index is 12.6. The molecule has 0 amide bonds. The third kappa shape index (κ3) is 5.74. The summed E-state index contributed by atoms with van der Waals surface area (Å²) >= 11 is 13.4. The van der Waals surface area contributed by atoms with Crippen molar-refractivity contribution in [3.05, 3.63) is 94.5 Å². The molecule has 0 aliphatic rings. The number of rotatable bonds is 7. The predicted molar refractivity (Wildman–Crippen MR) is 113 cm³/mol. The van der Waals surface area contributed by atoms with E-state index in [1.165, 1.54) is 12.1 Å². The largest absolute Gasteiger partial charge is 0.240 e. The van der Waals surface area contributed by atoms with Crippen molar-refractivity contribution in [2.75, 3.05) is 6.54 Å². The van der Waals surface area contributed by atoms with Crippen molar-refractivity contribution in [2.45, 2.75) is 15.0 Å². The van der Waals surface area contributed by atoms with Crippen LogP contribution in [0.15, 0.2) is 88.7 Å². The first-order valence-electron chi connectivity index (χ1n) is 8.16. The van der Waals surface area contributed by atoms with Gasteiger partial charge < -0.3 is 0 Å². The van der Waals surface area contributed by atoms with Gasteiger partial charge in [0.15, 0.2) is 0 Å². The lowest BCUT2D eigenvalue weighted by molar-refractivity contribution is 0.581. The first-order chi connectivity index (χ1) is 12.9. The van der Waals surface area contributed by atoms with Gasteiger partial charge in [-0.05, 0) is 54.1 Å². The number of thioether (sulfide) groups is 1. The molecule has 27 heavy (non-hydrogen) atoms. The van der Waals surface area contributed by atoms with Crippen LogP contribution >= 0.6 is 35.0 Å². The van der Waals surface area contributed by atoms with E-state index >= 15 is 0 Å². The van der Waals surface area contributed by atoms with E-state index in [1.807, 2.05) is 54.6 Å². The van der Waals surface area contributed by atoms with Crippen molar-refractivity contribution in [3.8, 4) is 0 Å². The van der Waals surface area contributed by atoms with Crippen LogP contribution in [0.5, 0.6) is 0 Å². The maximum Gasteiger partial charge on any atom is 0.240 e. The molecule has 3 nitrogen and oxygen atoms in total. The summed E-state index contributed by atoms with van der Waals surface area (Å²) in [7, 11) is -3.62. The van der Waals surface area contributed by atoms with E-state index in [1.54, 1.807) is 23.9 Å². The highest BCUT2D eigenvalue weighted by Crippen LogP contribution is 2.35. The highest BCUT2D eigenvalue weighted by molar-refractivity contribution is 7.99. The molecule has 3 aromatic rings. The number of sulfonamides is 1. The average molecular weight is 438 g/mol. The Morgan fingerprint density at radius 1 is 0.815 bits per heavy atom. The fourth-order valence-electron chi connectivity index (χ4n) is 2.46. The predicted octanol–water partition coefficient (Wildman–Crippen LogP) is 5.81. The quantitative estimate of drug-likeness (QED) is 0.474. The van der Waals surface area contributed by atoms with Crippen LogP contribution < -0.4 is 4.72 Å². The first-order valence-corrected chi connectivity index (χ1v) is 11.3. The Kier molecular flexibility index (Phi) is 6.84. The summed E-state index contributed by atoms with van der Waals surface area (Å²) in [5.74, 6) is 0. The zero-order valence-corrected chi connectivity index (χ0v) is 17.3. The molecule has 0 aliphatic heterocycles. The van der Waals surface area contributed by atoms with Crippen molar-refractivity contribution >= 4 is 45.0 Å². The molecule has 0 spiro atoms. The summed E-state index contributed by atoms with van der Waals surface area (Å²) < 4.78 is 27.9.